The Bertz CT molecular complexity index is 718. The van der Waals surface area contributed by atoms with Crippen LogP contribution in [0.5, 0.6) is 0 Å². The van der Waals surface area contributed by atoms with Gasteiger partial charge < -0.3 is 5.73 Å². The summed E-state index contributed by atoms with van der Waals surface area (Å²) < 4.78 is 1.48. The molecule has 0 aromatic carbocycles. The van der Waals surface area contributed by atoms with E-state index >= 15 is 0 Å². The predicted octanol–water partition coefficient (Wildman–Crippen LogP) is 0.433. The van der Waals surface area contributed by atoms with Crippen molar-refractivity contribution in [3.8, 4) is 0 Å². The fourth-order valence-corrected chi connectivity index (χ4v) is 2.76. The second kappa shape index (κ2) is 5.45. The van der Waals surface area contributed by atoms with Crippen molar-refractivity contribution >= 4 is 17.6 Å². The summed E-state index contributed by atoms with van der Waals surface area (Å²) in [7, 11) is 0. The maximum atomic E-state index is 11.5. The van der Waals surface area contributed by atoms with E-state index in [1.54, 1.807) is 6.92 Å². The van der Waals surface area contributed by atoms with Crippen LogP contribution < -0.4 is 11.4 Å². The Hall–Kier alpha value is -2.16. The number of nitrogens with one attached hydrogen (secondary N) is 2. The van der Waals surface area contributed by atoms with E-state index < -0.39 is 0 Å². The first-order chi connectivity index (χ1) is 9.45. The quantitative estimate of drug-likeness (QED) is 0.554. The molecule has 0 aliphatic rings. The smallest absolute Gasteiger partial charge is 0.343 e. The molecule has 0 radical (unpaired) electrons. The molecule has 2 heterocycles. The number of hydrogen-bond donors (Lipinski definition) is 3. The second-order valence-corrected chi connectivity index (χ2v) is 5.12. The van der Waals surface area contributed by atoms with Gasteiger partial charge in [0.15, 0.2) is 5.16 Å². The van der Waals surface area contributed by atoms with Crippen molar-refractivity contribution in [2.45, 2.75) is 37.5 Å². The van der Waals surface area contributed by atoms with Crippen LogP contribution in [0.2, 0.25) is 0 Å². The number of H-pyrrole nitrogens is 1. The number of nitrogen functional groups attached to an aromatic ring is 1. The highest BCUT2D eigenvalue weighted by Gasteiger charge is 2.18. The number of hydrogen-bond acceptors (Lipinski definition) is 6. The number of aryl methyl sites for hydroxylation is 1. The van der Waals surface area contributed by atoms with Crippen LogP contribution in [0.4, 0.5) is 0 Å². The van der Waals surface area contributed by atoms with E-state index in [9.17, 15) is 4.79 Å². The Morgan fingerprint density at radius 3 is 2.75 bits per heavy atom. The summed E-state index contributed by atoms with van der Waals surface area (Å²) in [6.45, 7) is 5.98. The van der Waals surface area contributed by atoms with Crippen LogP contribution in [-0.4, -0.2) is 30.8 Å². The minimum Gasteiger partial charge on any atom is -0.384 e. The molecule has 8 nitrogen and oxygen atoms in total. The van der Waals surface area contributed by atoms with E-state index in [1.807, 2.05) is 13.8 Å². The molecule has 0 saturated heterocycles. The van der Waals surface area contributed by atoms with E-state index in [1.165, 1.54) is 4.57 Å². The Kier molecular flexibility index (Phi) is 3.89. The van der Waals surface area contributed by atoms with Crippen molar-refractivity contribution in [1.29, 1.82) is 5.41 Å². The second-order valence-electron chi connectivity index (χ2n) is 4.16. The third kappa shape index (κ3) is 2.44. The summed E-state index contributed by atoms with van der Waals surface area (Å²) in [5.41, 5.74) is 7.39. The molecule has 4 N–H and O–H groups in total. The van der Waals surface area contributed by atoms with Gasteiger partial charge in [0.2, 0.25) is 0 Å². The number of aromatic nitrogens is 5. The van der Waals surface area contributed by atoms with Gasteiger partial charge in [0, 0.05) is 6.54 Å². The van der Waals surface area contributed by atoms with E-state index in [4.69, 9.17) is 11.1 Å². The maximum absolute atomic E-state index is 11.5. The number of aromatic amines is 1. The van der Waals surface area contributed by atoms with E-state index in [0.29, 0.717) is 22.3 Å². The number of nitrogens with two attached hydrogens (primary N) is 1. The van der Waals surface area contributed by atoms with Crippen molar-refractivity contribution in [3.63, 3.8) is 0 Å². The van der Waals surface area contributed by atoms with Crippen LogP contribution in [0.15, 0.2) is 15.0 Å². The molecule has 0 bridgehead atoms. The molecule has 2 aromatic rings. The zero-order valence-corrected chi connectivity index (χ0v) is 12.2. The fraction of sp³-hybridized carbons (Fsp3) is 0.364. The van der Waals surface area contributed by atoms with Gasteiger partial charge in [0.25, 0.3) is 0 Å². The van der Waals surface area contributed by atoms with Gasteiger partial charge in [-0.3, -0.25) is 9.98 Å². The number of nitrogens with zero attached hydrogens (tertiary/aromatic N) is 4. The summed E-state index contributed by atoms with van der Waals surface area (Å²) in [6, 6.07) is 0. The van der Waals surface area contributed by atoms with Crippen molar-refractivity contribution < 1.29 is 0 Å². The van der Waals surface area contributed by atoms with Gasteiger partial charge >= 0.3 is 5.69 Å². The zero-order chi connectivity index (χ0) is 14.9. The molecule has 0 amide bonds. The highest BCUT2D eigenvalue weighted by Crippen LogP contribution is 2.28. The topological polar surface area (TPSA) is 126 Å². The van der Waals surface area contributed by atoms with Crippen molar-refractivity contribution in [2.24, 2.45) is 5.73 Å². The van der Waals surface area contributed by atoms with Crippen LogP contribution in [0, 0.1) is 19.3 Å². The first-order valence-electron chi connectivity index (χ1n) is 5.97. The van der Waals surface area contributed by atoms with Gasteiger partial charge in [0.1, 0.15) is 10.9 Å². The van der Waals surface area contributed by atoms with Crippen LogP contribution in [0.3, 0.4) is 0 Å². The molecule has 0 spiro atoms. The van der Waals surface area contributed by atoms with Gasteiger partial charge in [-0.05, 0) is 38.1 Å². The molecule has 106 valence electrons. The van der Waals surface area contributed by atoms with E-state index in [0.717, 1.165) is 23.0 Å². The highest BCUT2D eigenvalue weighted by atomic mass is 32.2. The summed E-state index contributed by atoms with van der Waals surface area (Å²) in [4.78, 5) is 11.5. The third-order valence-corrected chi connectivity index (χ3v) is 3.89. The molecule has 0 fully saturated rings. The van der Waals surface area contributed by atoms with Crippen molar-refractivity contribution in [2.75, 3.05) is 0 Å². The van der Waals surface area contributed by atoms with E-state index in [-0.39, 0.29) is 11.5 Å². The maximum Gasteiger partial charge on any atom is 0.343 e. The Balaban J connectivity index is 2.51. The number of rotatable bonds is 4. The Labute approximate surface area is 119 Å². The average molecular weight is 293 g/mol. The van der Waals surface area contributed by atoms with Crippen LogP contribution in [-0.2, 0) is 6.54 Å². The molecule has 0 aliphatic carbocycles. The summed E-state index contributed by atoms with van der Waals surface area (Å²) in [5, 5.41) is 23.0. The molecule has 20 heavy (non-hydrogen) atoms. The van der Waals surface area contributed by atoms with Crippen LogP contribution in [0.25, 0.3) is 0 Å². The zero-order valence-electron chi connectivity index (χ0n) is 11.4. The Morgan fingerprint density at radius 2 is 2.15 bits per heavy atom. The fourth-order valence-electron chi connectivity index (χ4n) is 1.72. The average Bonchev–Trinajstić information content (AvgIpc) is 2.74. The molecule has 0 saturated carbocycles. The summed E-state index contributed by atoms with van der Waals surface area (Å²) in [6.07, 6.45) is 0. The summed E-state index contributed by atoms with van der Waals surface area (Å²) >= 11 is 1.16. The van der Waals surface area contributed by atoms with Crippen molar-refractivity contribution in [1.82, 2.24) is 25.0 Å². The van der Waals surface area contributed by atoms with Crippen LogP contribution in [0.1, 0.15) is 23.7 Å². The molecule has 2 rings (SSSR count). The standard InChI is InChI=1S/C11H15N7OS/c1-4-18-10(19)16-17-11(18)20-9-7(8(12)13)5(2)6(3)14-15-9/h4H2,1-3H3,(H3,12,13)(H,16,19). The lowest BCUT2D eigenvalue weighted by molar-refractivity contribution is 0.659. The molecular weight excluding hydrogens is 278 g/mol. The normalized spacial score (nSPS) is 10.8. The largest absolute Gasteiger partial charge is 0.384 e. The van der Waals surface area contributed by atoms with Gasteiger partial charge in [-0.1, -0.05) is 0 Å². The van der Waals surface area contributed by atoms with Gasteiger partial charge in [-0.25, -0.2) is 9.89 Å². The Morgan fingerprint density at radius 1 is 1.45 bits per heavy atom. The molecular formula is C11H15N7OS. The van der Waals surface area contributed by atoms with Gasteiger partial charge in [-0.15, -0.1) is 10.2 Å². The number of amidine groups is 1. The molecule has 0 aliphatic heterocycles. The first-order valence-corrected chi connectivity index (χ1v) is 6.78. The molecule has 9 heteroatoms. The molecule has 0 atom stereocenters. The lowest BCUT2D eigenvalue weighted by Crippen LogP contribution is -2.18. The third-order valence-electron chi connectivity index (χ3n) is 2.92. The van der Waals surface area contributed by atoms with Gasteiger partial charge in [0.05, 0.1) is 11.3 Å². The first kappa shape index (κ1) is 14.3. The van der Waals surface area contributed by atoms with E-state index in [2.05, 4.69) is 20.4 Å². The lowest BCUT2D eigenvalue weighted by Gasteiger charge is -2.10. The summed E-state index contributed by atoms with van der Waals surface area (Å²) in [5.74, 6) is -0.0797. The molecule has 0 unspecified atom stereocenters. The SMILES string of the molecule is CCn1c(Sc2nnc(C)c(C)c2C(=N)N)n[nH]c1=O. The molecule has 2 aromatic heterocycles. The minimum atomic E-state index is -0.281. The van der Waals surface area contributed by atoms with Gasteiger partial charge in [-0.2, -0.15) is 5.10 Å². The highest BCUT2D eigenvalue weighted by molar-refractivity contribution is 7.99. The lowest BCUT2D eigenvalue weighted by atomic mass is 10.1. The predicted molar refractivity (Wildman–Crippen MR) is 75.2 cm³/mol. The van der Waals surface area contributed by atoms with Crippen molar-refractivity contribution in [3.05, 3.63) is 27.3 Å². The van der Waals surface area contributed by atoms with Crippen LogP contribution >= 0.6 is 11.8 Å². The monoisotopic (exact) mass is 293 g/mol. The minimum absolute atomic E-state index is 0.0797.